The summed E-state index contributed by atoms with van der Waals surface area (Å²) in [5.74, 6) is -1.04. The van der Waals surface area contributed by atoms with Gasteiger partial charge in [0.25, 0.3) is 0 Å². The summed E-state index contributed by atoms with van der Waals surface area (Å²) in [6.07, 6.45) is 0.489. The number of carbonyl (C=O) groups is 1. The van der Waals surface area contributed by atoms with Gasteiger partial charge in [-0.15, -0.1) is 0 Å². The molecule has 0 spiro atoms. The van der Waals surface area contributed by atoms with Gasteiger partial charge in [-0.3, -0.25) is 4.79 Å². The SMILES string of the molecule is O=C(CCc1ccc(Br)cc1F)NCc1ccc(F)c(Cl)c1. The third-order valence-electron chi connectivity index (χ3n) is 3.11. The molecule has 0 aromatic heterocycles. The van der Waals surface area contributed by atoms with Crippen LogP contribution in [-0.4, -0.2) is 5.91 Å². The van der Waals surface area contributed by atoms with Crippen LogP contribution >= 0.6 is 27.5 Å². The molecule has 0 heterocycles. The lowest BCUT2D eigenvalue weighted by Gasteiger charge is -2.07. The summed E-state index contributed by atoms with van der Waals surface area (Å²) in [4.78, 5) is 11.8. The molecule has 0 fully saturated rings. The van der Waals surface area contributed by atoms with Crippen LogP contribution in [-0.2, 0) is 17.8 Å². The highest BCUT2D eigenvalue weighted by Gasteiger charge is 2.07. The highest BCUT2D eigenvalue weighted by molar-refractivity contribution is 9.10. The second-order valence-electron chi connectivity index (χ2n) is 4.76. The zero-order chi connectivity index (χ0) is 16.1. The van der Waals surface area contributed by atoms with Gasteiger partial charge in [0.05, 0.1) is 5.02 Å². The van der Waals surface area contributed by atoms with E-state index in [1.807, 2.05) is 0 Å². The van der Waals surface area contributed by atoms with Gasteiger partial charge in [0.2, 0.25) is 5.91 Å². The molecule has 22 heavy (non-hydrogen) atoms. The maximum absolute atomic E-state index is 13.6. The second-order valence-corrected chi connectivity index (χ2v) is 6.08. The molecule has 0 aliphatic rings. The summed E-state index contributed by atoms with van der Waals surface area (Å²) < 4.78 is 27.3. The maximum Gasteiger partial charge on any atom is 0.220 e. The normalized spacial score (nSPS) is 10.5. The van der Waals surface area contributed by atoms with Crippen LogP contribution in [0.4, 0.5) is 8.78 Å². The van der Waals surface area contributed by atoms with E-state index < -0.39 is 5.82 Å². The fraction of sp³-hybridized carbons (Fsp3) is 0.188. The van der Waals surface area contributed by atoms with Crippen LogP contribution in [0, 0.1) is 11.6 Å². The molecule has 0 atom stereocenters. The monoisotopic (exact) mass is 387 g/mol. The van der Waals surface area contributed by atoms with Crippen LogP contribution in [0.25, 0.3) is 0 Å². The summed E-state index contributed by atoms with van der Waals surface area (Å²) >= 11 is 8.85. The predicted molar refractivity (Wildman–Crippen MR) is 85.7 cm³/mol. The number of aryl methyl sites for hydroxylation is 1. The molecule has 0 saturated heterocycles. The molecular weight excluding hydrogens is 376 g/mol. The Morgan fingerprint density at radius 1 is 1.14 bits per heavy atom. The molecule has 0 unspecified atom stereocenters. The number of rotatable bonds is 5. The van der Waals surface area contributed by atoms with Crippen LogP contribution < -0.4 is 5.32 Å². The van der Waals surface area contributed by atoms with Crippen LogP contribution in [0.2, 0.25) is 5.02 Å². The highest BCUT2D eigenvalue weighted by atomic mass is 79.9. The van der Waals surface area contributed by atoms with E-state index in [4.69, 9.17) is 11.6 Å². The number of amides is 1. The minimum Gasteiger partial charge on any atom is -0.352 e. The third-order valence-corrected chi connectivity index (χ3v) is 3.89. The minimum atomic E-state index is -0.498. The Morgan fingerprint density at radius 3 is 2.59 bits per heavy atom. The summed E-state index contributed by atoms with van der Waals surface area (Å²) in [5.41, 5.74) is 1.19. The number of hydrogen-bond acceptors (Lipinski definition) is 1. The molecule has 1 N–H and O–H groups in total. The van der Waals surface area contributed by atoms with E-state index in [0.29, 0.717) is 22.0 Å². The lowest BCUT2D eigenvalue weighted by Crippen LogP contribution is -2.23. The van der Waals surface area contributed by atoms with Crippen molar-refractivity contribution in [3.05, 3.63) is 68.7 Å². The van der Waals surface area contributed by atoms with Gasteiger partial charge in [-0.2, -0.15) is 0 Å². The first-order chi connectivity index (χ1) is 10.5. The van der Waals surface area contributed by atoms with E-state index in [1.165, 1.54) is 18.2 Å². The Morgan fingerprint density at radius 2 is 1.91 bits per heavy atom. The van der Waals surface area contributed by atoms with E-state index >= 15 is 0 Å². The molecule has 6 heteroatoms. The Hall–Kier alpha value is -1.46. The average molecular weight is 389 g/mol. The van der Waals surface area contributed by atoms with E-state index in [-0.39, 0.29) is 29.7 Å². The molecular formula is C16H13BrClF2NO. The van der Waals surface area contributed by atoms with Crippen LogP contribution in [0.1, 0.15) is 17.5 Å². The van der Waals surface area contributed by atoms with Crippen LogP contribution in [0.15, 0.2) is 40.9 Å². The summed E-state index contributed by atoms with van der Waals surface area (Å²) in [6.45, 7) is 0.252. The molecule has 2 rings (SSSR count). The Labute approximate surface area is 140 Å². The number of carbonyl (C=O) groups excluding carboxylic acids is 1. The fourth-order valence-corrected chi connectivity index (χ4v) is 2.45. The molecule has 0 bridgehead atoms. The number of nitrogens with one attached hydrogen (secondary N) is 1. The van der Waals surface area contributed by atoms with Crippen LogP contribution in [0.5, 0.6) is 0 Å². The minimum absolute atomic E-state index is 0.0173. The standard InChI is InChI=1S/C16H13BrClF2NO/c17-12-4-2-11(15(20)8-12)3-6-16(22)21-9-10-1-5-14(19)13(18)7-10/h1-2,4-5,7-8H,3,6,9H2,(H,21,22). The molecule has 2 aromatic carbocycles. The Kier molecular flexibility index (Phi) is 5.91. The van der Waals surface area contributed by atoms with Crippen molar-refractivity contribution < 1.29 is 13.6 Å². The van der Waals surface area contributed by atoms with Crippen molar-refractivity contribution in [2.45, 2.75) is 19.4 Å². The van der Waals surface area contributed by atoms with E-state index in [9.17, 15) is 13.6 Å². The smallest absolute Gasteiger partial charge is 0.220 e. The molecule has 0 radical (unpaired) electrons. The van der Waals surface area contributed by atoms with E-state index in [2.05, 4.69) is 21.2 Å². The third kappa shape index (κ3) is 4.78. The summed E-state index contributed by atoms with van der Waals surface area (Å²) in [6, 6.07) is 9.01. The summed E-state index contributed by atoms with van der Waals surface area (Å²) in [5, 5.41) is 2.71. The van der Waals surface area contributed by atoms with Gasteiger partial charge in [0, 0.05) is 17.4 Å². The van der Waals surface area contributed by atoms with Gasteiger partial charge in [0.15, 0.2) is 0 Å². The van der Waals surface area contributed by atoms with Gasteiger partial charge < -0.3 is 5.32 Å². The van der Waals surface area contributed by atoms with Gasteiger partial charge in [-0.05, 0) is 41.8 Å². The molecule has 1 amide bonds. The molecule has 2 nitrogen and oxygen atoms in total. The molecule has 116 valence electrons. The second kappa shape index (κ2) is 7.70. The first-order valence-electron chi connectivity index (χ1n) is 6.60. The maximum atomic E-state index is 13.6. The highest BCUT2D eigenvalue weighted by Crippen LogP contribution is 2.17. The Balaban J connectivity index is 1.84. The lowest BCUT2D eigenvalue weighted by atomic mass is 10.1. The zero-order valence-corrected chi connectivity index (χ0v) is 13.8. The van der Waals surface area contributed by atoms with Gasteiger partial charge in [-0.1, -0.05) is 39.7 Å². The Bertz CT molecular complexity index is 694. The molecule has 0 aliphatic carbocycles. The largest absolute Gasteiger partial charge is 0.352 e. The average Bonchev–Trinajstić information content (AvgIpc) is 2.47. The van der Waals surface area contributed by atoms with Crippen molar-refractivity contribution in [2.75, 3.05) is 0 Å². The van der Waals surface area contributed by atoms with Gasteiger partial charge in [0.1, 0.15) is 11.6 Å². The summed E-state index contributed by atoms with van der Waals surface area (Å²) in [7, 11) is 0. The topological polar surface area (TPSA) is 29.1 Å². The van der Waals surface area contributed by atoms with Crippen LogP contribution in [0.3, 0.4) is 0 Å². The van der Waals surface area contributed by atoms with Crippen molar-refractivity contribution in [3.63, 3.8) is 0 Å². The zero-order valence-electron chi connectivity index (χ0n) is 11.5. The number of halogens is 4. The van der Waals surface area contributed by atoms with E-state index in [1.54, 1.807) is 18.2 Å². The quantitative estimate of drug-likeness (QED) is 0.795. The van der Waals surface area contributed by atoms with Crippen molar-refractivity contribution in [2.24, 2.45) is 0 Å². The first-order valence-corrected chi connectivity index (χ1v) is 7.77. The van der Waals surface area contributed by atoms with Gasteiger partial charge >= 0.3 is 0 Å². The lowest BCUT2D eigenvalue weighted by molar-refractivity contribution is -0.121. The predicted octanol–water partition coefficient (Wildman–Crippen LogP) is 4.63. The van der Waals surface area contributed by atoms with E-state index in [0.717, 1.165) is 0 Å². The van der Waals surface area contributed by atoms with Crippen molar-refractivity contribution in [3.8, 4) is 0 Å². The van der Waals surface area contributed by atoms with Crippen molar-refractivity contribution in [1.82, 2.24) is 5.32 Å². The molecule has 0 aliphatic heterocycles. The fourth-order valence-electron chi connectivity index (χ4n) is 1.91. The molecule has 2 aromatic rings. The number of hydrogen-bond donors (Lipinski definition) is 1. The number of benzene rings is 2. The molecule has 0 saturated carbocycles. The first kappa shape index (κ1) is 16.9. The van der Waals surface area contributed by atoms with Crippen molar-refractivity contribution >= 4 is 33.4 Å². The van der Waals surface area contributed by atoms with Crippen molar-refractivity contribution in [1.29, 1.82) is 0 Å². The van der Waals surface area contributed by atoms with Gasteiger partial charge in [-0.25, -0.2) is 8.78 Å².